The average molecular weight is 417 g/mol. The molecule has 8 heteroatoms. The van der Waals surface area contributed by atoms with Gasteiger partial charge in [-0.25, -0.2) is 0 Å². The minimum absolute atomic E-state index is 0.125. The Bertz CT molecular complexity index is 1020. The Morgan fingerprint density at radius 3 is 2.68 bits per heavy atom. The zero-order valence-corrected chi connectivity index (χ0v) is 16.4. The quantitative estimate of drug-likeness (QED) is 0.540. The highest BCUT2D eigenvalue weighted by Crippen LogP contribution is 2.33. The van der Waals surface area contributed by atoms with Crippen LogP contribution in [0.5, 0.6) is 5.75 Å². The van der Waals surface area contributed by atoms with Crippen molar-refractivity contribution in [2.75, 3.05) is 12.4 Å². The summed E-state index contributed by atoms with van der Waals surface area (Å²) in [5.74, 6) is 1.17. The van der Waals surface area contributed by atoms with Crippen molar-refractivity contribution >= 4 is 40.5 Å². The Balaban J connectivity index is 1.73. The third kappa shape index (κ3) is 4.51. The van der Waals surface area contributed by atoms with E-state index >= 15 is 0 Å². The number of halogens is 1. The van der Waals surface area contributed by atoms with Crippen LogP contribution in [0.1, 0.15) is 16.1 Å². The van der Waals surface area contributed by atoms with E-state index in [1.807, 2.05) is 0 Å². The maximum Gasteiger partial charge on any atom is 0.258 e. The Hall–Kier alpha value is -2.87. The zero-order valence-electron chi connectivity index (χ0n) is 14.9. The predicted octanol–water partition coefficient (Wildman–Crippen LogP) is 4.23. The number of rotatable bonds is 5. The zero-order chi connectivity index (χ0) is 20.1. The first-order valence-corrected chi connectivity index (χ1v) is 9.05. The van der Waals surface area contributed by atoms with Crippen LogP contribution in [0.15, 0.2) is 59.0 Å². The molecule has 0 fully saturated rings. The number of nitrogens with one attached hydrogen (secondary N) is 2. The molecular formula is C20H17ClN2O4S. The minimum Gasteiger partial charge on any atom is -0.496 e. The summed E-state index contributed by atoms with van der Waals surface area (Å²) < 4.78 is 11.0. The molecule has 6 nitrogen and oxygen atoms in total. The molecule has 0 aliphatic heterocycles. The van der Waals surface area contributed by atoms with Gasteiger partial charge in [-0.15, -0.1) is 0 Å². The lowest BCUT2D eigenvalue weighted by Crippen LogP contribution is -2.34. The summed E-state index contributed by atoms with van der Waals surface area (Å²) in [4.78, 5) is 12.3. The molecular weight excluding hydrogens is 400 g/mol. The molecule has 0 aliphatic carbocycles. The van der Waals surface area contributed by atoms with Gasteiger partial charge in [0.05, 0.1) is 23.3 Å². The molecule has 144 valence electrons. The molecule has 0 unspecified atom stereocenters. The van der Waals surface area contributed by atoms with E-state index in [1.165, 1.54) is 7.11 Å². The third-order valence-corrected chi connectivity index (χ3v) is 4.42. The minimum atomic E-state index is -0.404. The number of carbonyl (C=O) groups is 1. The van der Waals surface area contributed by atoms with E-state index in [4.69, 9.17) is 38.1 Å². The predicted molar refractivity (Wildman–Crippen MR) is 112 cm³/mol. The van der Waals surface area contributed by atoms with E-state index in [0.29, 0.717) is 33.5 Å². The molecule has 1 heterocycles. The lowest BCUT2D eigenvalue weighted by Gasteiger charge is -2.13. The fraction of sp³-hybridized carbons (Fsp3) is 0.100. The molecule has 2 aromatic carbocycles. The van der Waals surface area contributed by atoms with E-state index < -0.39 is 5.91 Å². The lowest BCUT2D eigenvalue weighted by molar-refractivity contribution is 0.0978. The van der Waals surface area contributed by atoms with Crippen molar-refractivity contribution in [3.05, 3.63) is 70.9 Å². The molecule has 28 heavy (non-hydrogen) atoms. The maximum atomic E-state index is 12.3. The second-order valence-corrected chi connectivity index (χ2v) is 6.54. The van der Waals surface area contributed by atoms with Crippen LogP contribution >= 0.6 is 23.8 Å². The fourth-order valence-corrected chi connectivity index (χ4v) is 2.99. The summed E-state index contributed by atoms with van der Waals surface area (Å²) in [6.45, 7) is -0.179. The fourth-order valence-electron chi connectivity index (χ4n) is 2.56. The molecule has 3 rings (SSSR count). The number of anilines is 1. The number of benzene rings is 2. The summed E-state index contributed by atoms with van der Waals surface area (Å²) in [6, 6.07) is 15.4. The molecule has 0 radical (unpaired) electrons. The number of ether oxygens (including phenoxy) is 1. The van der Waals surface area contributed by atoms with Crippen LogP contribution < -0.4 is 15.4 Å². The van der Waals surface area contributed by atoms with Crippen molar-refractivity contribution in [3.63, 3.8) is 0 Å². The second kappa shape index (κ2) is 8.88. The molecule has 3 N–H and O–H groups in total. The van der Waals surface area contributed by atoms with Gasteiger partial charge in [0.2, 0.25) is 0 Å². The molecule has 0 aliphatic rings. The number of carbonyl (C=O) groups excluding carboxylic acids is 1. The molecule has 0 spiro atoms. The van der Waals surface area contributed by atoms with E-state index in [2.05, 4.69) is 10.6 Å². The molecule has 0 atom stereocenters. The summed E-state index contributed by atoms with van der Waals surface area (Å²) in [7, 11) is 1.54. The number of aliphatic hydroxyl groups excluding tert-OH is 1. The van der Waals surface area contributed by atoms with Gasteiger partial charge in [-0.2, -0.15) is 0 Å². The van der Waals surface area contributed by atoms with E-state index in [0.717, 1.165) is 5.56 Å². The Labute approximate surface area is 172 Å². The SMILES string of the molecule is COc1cc(NC(=S)NC(=O)c2ccccc2Cl)ccc1-c1ccc(CO)o1. The Kier molecular flexibility index (Phi) is 6.30. The normalized spacial score (nSPS) is 10.4. The van der Waals surface area contributed by atoms with Crippen molar-refractivity contribution in [1.29, 1.82) is 0 Å². The van der Waals surface area contributed by atoms with Crippen LogP contribution in [-0.2, 0) is 6.61 Å². The van der Waals surface area contributed by atoms with Gasteiger partial charge in [-0.1, -0.05) is 23.7 Å². The van der Waals surface area contributed by atoms with E-state index in [1.54, 1.807) is 54.6 Å². The monoisotopic (exact) mass is 416 g/mol. The highest BCUT2D eigenvalue weighted by molar-refractivity contribution is 7.80. The number of aliphatic hydroxyl groups is 1. The first-order valence-electron chi connectivity index (χ1n) is 8.26. The second-order valence-electron chi connectivity index (χ2n) is 5.73. The van der Waals surface area contributed by atoms with Gasteiger partial charge in [-0.3, -0.25) is 10.1 Å². The first-order chi connectivity index (χ1) is 13.5. The molecule has 1 aromatic heterocycles. The van der Waals surface area contributed by atoms with Crippen molar-refractivity contribution in [1.82, 2.24) is 5.32 Å². The number of hydrogen-bond acceptors (Lipinski definition) is 5. The summed E-state index contributed by atoms with van der Waals surface area (Å²) in [5.41, 5.74) is 1.68. The van der Waals surface area contributed by atoms with Gasteiger partial charge >= 0.3 is 0 Å². The molecule has 3 aromatic rings. The number of hydrogen-bond donors (Lipinski definition) is 3. The average Bonchev–Trinajstić information content (AvgIpc) is 3.17. The molecule has 1 amide bonds. The van der Waals surface area contributed by atoms with Crippen molar-refractivity contribution in [2.24, 2.45) is 0 Å². The van der Waals surface area contributed by atoms with Crippen LogP contribution in [0.3, 0.4) is 0 Å². The van der Waals surface area contributed by atoms with Crippen LogP contribution in [0.2, 0.25) is 5.02 Å². The topological polar surface area (TPSA) is 83.7 Å². The number of thiocarbonyl (C=S) groups is 1. The van der Waals surface area contributed by atoms with E-state index in [-0.39, 0.29) is 11.7 Å². The number of furan rings is 1. The van der Waals surface area contributed by atoms with Gasteiger partial charge in [0, 0.05) is 11.8 Å². The largest absolute Gasteiger partial charge is 0.496 e. The van der Waals surface area contributed by atoms with Crippen molar-refractivity contribution in [2.45, 2.75) is 6.61 Å². The molecule has 0 bridgehead atoms. The van der Waals surface area contributed by atoms with Crippen molar-refractivity contribution in [3.8, 4) is 17.1 Å². The van der Waals surface area contributed by atoms with Crippen molar-refractivity contribution < 1.29 is 19.1 Å². The maximum absolute atomic E-state index is 12.3. The Morgan fingerprint density at radius 1 is 1.21 bits per heavy atom. The number of methoxy groups -OCH3 is 1. The lowest BCUT2D eigenvalue weighted by atomic mass is 10.1. The van der Waals surface area contributed by atoms with E-state index in [9.17, 15) is 4.79 Å². The van der Waals surface area contributed by atoms with Gasteiger partial charge < -0.3 is 19.6 Å². The van der Waals surface area contributed by atoms with Crippen LogP contribution in [0.25, 0.3) is 11.3 Å². The third-order valence-electron chi connectivity index (χ3n) is 3.89. The van der Waals surface area contributed by atoms with Gasteiger partial charge in [0.25, 0.3) is 5.91 Å². The van der Waals surface area contributed by atoms with Crippen LogP contribution in [0.4, 0.5) is 5.69 Å². The smallest absolute Gasteiger partial charge is 0.258 e. The summed E-state index contributed by atoms with van der Waals surface area (Å²) in [5, 5.41) is 15.1. The van der Waals surface area contributed by atoms with Crippen LogP contribution in [0, 0.1) is 0 Å². The highest BCUT2D eigenvalue weighted by atomic mass is 35.5. The highest BCUT2D eigenvalue weighted by Gasteiger charge is 2.14. The Morgan fingerprint density at radius 2 is 2.00 bits per heavy atom. The molecule has 0 saturated heterocycles. The summed E-state index contributed by atoms with van der Waals surface area (Å²) in [6.07, 6.45) is 0. The summed E-state index contributed by atoms with van der Waals surface area (Å²) >= 11 is 11.2. The standard InChI is InChI=1S/C20H17ClN2O4S/c1-26-18-10-12(6-8-15(18)17-9-7-13(11-24)27-17)22-20(28)23-19(25)14-4-2-3-5-16(14)21/h2-10,24H,11H2,1H3,(H2,22,23,25,28). The van der Waals surface area contributed by atoms with Gasteiger partial charge in [0.15, 0.2) is 5.11 Å². The first kappa shape index (κ1) is 19.9. The molecule has 0 saturated carbocycles. The van der Waals surface area contributed by atoms with Crippen LogP contribution in [-0.4, -0.2) is 23.2 Å². The number of amides is 1. The van der Waals surface area contributed by atoms with Gasteiger partial charge in [-0.05, 0) is 48.6 Å². The van der Waals surface area contributed by atoms with Gasteiger partial charge in [0.1, 0.15) is 23.9 Å².